The molecule has 3 aromatic carbocycles. The minimum Gasteiger partial charge on any atom is -0.322 e. The molecule has 0 aliphatic heterocycles. The predicted octanol–water partition coefficient (Wildman–Crippen LogP) is 6.45. The highest BCUT2D eigenvalue weighted by molar-refractivity contribution is 14.1. The van der Waals surface area contributed by atoms with E-state index in [1.54, 1.807) is 0 Å². The summed E-state index contributed by atoms with van der Waals surface area (Å²) in [6.45, 7) is 0. The Hall–Kier alpha value is -2.97. The van der Waals surface area contributed by atoms with Crippen LogP contribution in [0, 0.1) is 3.57 Å². The monoisotopic (exact) mass is 538 g/mol. The van der Waals surface area contributed by atoms with Crippen molar-refractivity contribution in [3.05, 3.63) is 105 Å². The van der Waals surface area contributed by atoms with Crippen molar-refractivity contribution in [3.8, 4) is 11.1 Å². The van der Waals surface area contributed by atoms with Gasteiger partial charge in [-0.1, -0.05) is 60.7 Å². The zero-order valence-electron chi connectivity index (χ0n) is 16.5. The van der Waals surface area contributed by atoms with Crippen molar-refractivity contribution in [1.29, 1.82) is 0 Å². The molecule has 0 bridgehead atoms. The quantitative estimate of drug-likeness (QED) is 0.277. The number of anilines is 2. The maximum atomic E-state index is 13.3. The molecular formula is C25H19IN2O2S. The summed E-state index contributed by atoms with van der Waals surface area (Å²) < 4.78 is 1.09. The summed E-state index contributed by atoms with van der Waals surface area (Å²) in [5.74, 6) is -0.410. The van der Waals surface area contributed by atoms with Crippen LogP contribution in [-0.4, -0.2) is 11.8 Å². The molecule has 4 rings (SSSR count). The van der Waals surface area contributed by atoms with Crippen LogP contribution >= 0.6 is 33.9 Å². The molecule has 4 nitrogen and oxygen atoms in total. The van der Waals surface area contributed by atoms with Crippen LogP contribution in [0.15, 0.2) is 90.3 Å². The lowest BCUT2D eigenvalue weighted by Gasteiger charge is -2.11. The zero-order valence-corrected chi connectivity index (χ0v) is 19.4. The third kappa shape index (κ3) is 5.39. The summed E-state index contributed by atoms with van der Waals surface area (Å²) >= 11 is 3.58. The van der Waals surface area contributed by atoms with Crippen LogP contribution in [-0.2, 0) is 11.2 Å². The van der Waals surface area contributed by atoms with E-state index in [1.807, 2.05) is 90.3 Å². The summed E-state index contributed by atoms with van der Waals surface area (Å²) in [6.07, 6.45) is 0.248. The van der Waals surface area contributed by atoms with E-state index in [2.05, 4.69) is 33.2 Å². The number of carbonyl (C=O) groups is 2. The normalized spacial score (nSPS) is 10.5. The number of rotatable bonds is 6. The highest BCUT2D eigenvalue weighted by atomic mass is 127. The average molecular weight is 538 g/mol. The SMILES string of the molecule is O=C(Cc1ccccc1)Nc1scc(-c2ccccc2)c1C(=O)Nc1ccc(I)cc1. The third-order valence-electron chi connectivity index (χ3n) is 4.67. The second-order valence-electron chi connectivity index (χ2n) is 6.89. The molecule has 0 saturated heterocycles. The van der Waals surface area contributed by atoms with Crippen LogP contribution in [0.3, 0.4) is 0 Å². The molecule has 1 aromatic heterocycles. The Kier molecular flexibility index (Phi) is 6.79. The predicted molar refractivity (Wildman–Crippen MR) is 136 cm³/mol. The van der Waals surface area contributed by atoms with E-state index in [4.69, 9.17) is 0 Å². The molecule has 0 atom stereocenters. The van der Waals surface area contributed by atoms with Gasteiger partial charge in [0.15, 0.2) is 0 Å². The lowest BCUT2D eigenvalue weighted by Crippen LogP contribution is -2.18. The van der Waals surface area contributed by atoms with E-state index in [0.29, 0.717) is 16.3 Å². The number of hydrogen-bond acceptors (Lipinski definition) is 3. The smallest absolute Gasteiger partial charge is 0.259 e. The first kappa shape index (κ1) is 21.3. The first-order valence-corrected chi connectivity index (χ1v) is 11.6. The molecule has 0 aliphatic carbocycles. The molecule has 0 radical (unpaired) electrons. The highest BCUT2D eigenvalue weighted by Crippen LogP contribution is 2.36. The van der Waals surface area contributed by atoms with Crippen LogP contribution in [0.5, 0.6) is 0 Å². The van der Waals surface area contributed by atoms with Gasteiger partial charge in [0.2, 0.25) is 5.91 Å². The first-order chi connectivity index (χ1) is 15.1. The largest absolute Gasteiger partial charge is 0.322 e. The first-order valence-electron chi connectivity index (χ1n) is 9.68. The Morgan fingerprint density at radius 1 is 0.806 bits per heavy atom. The summed E-state index contributed by atoms with van der Waals surface area (Å²) in [7, 11) is 0. The molecule has 0 aliphatic rings. The molecule has 31 heavy (non-hydrogen) atoms. The van der Waals surface area contributed by atoms with Gasteiger partial charge in [-0.2, -0.15) is 0 Å². The summed E-state index contributed by atoms with van der Waals surface area (Å²) in [5, 5.41) is 8.36. The Labute approximate surface area is 198 Å². The van der Waals surface area contributed by atoms with Crippen LogP contribution in [0.2, 0.25) is 0 Å². The molecule has 1 heterocycles. The topological polar surface area (TPSA) is 58.2 Å². The number of carbonyl (C=O) groups excluding carboxylic acids is 2. The fourth-order valence-corrected chi connectivity index (χ4v) is 4.53. The van der Waals surface area contributed by atoms with Crippen molar-refractivity contribution in [3.63, 3.8) is 0 Å². The molecule has 2 amide bonds. The van der Waals surface area contributed by atoms with E-state index in [9.17, 15) is 9.59 Å². The fourth-order valence-electron chi connectivity index (χ4n) is 3.18. The van der Waals surface area contributed by atoms with Gasteiger partial charge < -0.3 is 10.6 Å². The molecule has 154 valence electrons. The Morgan fingerprint density at radius 2 is 1.45 bits per heavy atom. The van der Waals surface area contributed by atoms with Gasteiger partial charge in [-0.15, -0.1) is 11.3 Å². The number of benzene rings is 3. The van der Waals surface area contributed by atoms with Gasteiger partial charge in [0, 0.05) is 20.2 Å². The van der Waals surface area contributed by atoms with Crippen LogP contribution in [0.1, 0.15) is 15.9 Å². The molecule has 0 spiro atoms. The molecule has 0 saturated carbocycles. The molecular weight excluding hydrogens is 519 g/mol. The minimum atomic E-state index is -0.253. The number of thiophene rings is 1. The van der Waals surface area contributed by atoms with Crippen molar-refractivity contribution < 1.29 is 9.59 Å². The molecule has 0 unspecified atom stereocenters. The standard InChI is InChI=1S/C25H19IN2O2S/c26-19-11-13-20(14-12-19)27-24(30)23-21(18-9-5-2-6-10-18)16-31-25(23)28-22(29)15-17-7-3-1-4-8-17/h1-14,16H,15H2,(H,27,30)(H,28,29). The van der Waals surface area contributed by atoms with Crippen molar-refractivity contribution in [1.82, 2.24) is 0 Å². The van der Waals surface area contributed by atoms with Crippen molar-refractivity contribution in [2.45, 2.75) is 6.42 Å². The van der Waals surface area contributed by atoms with E-state index in [1.165, 1.54) is 11.3 Å². The van der Waals surface area contributed by atoms with Gasteiger partial charge in [0.1, 0.15) is 5.00 Å². The van der Waals surface area contributed by atoms with Crippen LogP contribution < -0.4 is 10.6 Å². The minimum absolute atomic E-state index is 0.157. The zero-order chi connectivity index (χ0) is 21.6. The van der Waals surface area contributed by atoms with Crippen molar-refractivity contribution >= 4 is 56.4 Å². The second-order valence-corrected chi connectivity index (χ2v) is 9.02. The van der Waals surface area contributed by atoms with Gasteiger partial charge in [-0.25, -0.2) is 0 Å². The Morgan fingerprint density at radius 3 is 2.13 bits per heavy atom. The summed E-state index contributed by atoms with van der Waals surface area (Å²) in [5.41, 5.74) is 3.82. The lowest BCUT2D eigenvalue weighted by atomic mass is 10.0. The molecule has 2 N–H and O–H groups in total. The van der Waals surface area contributed by atoms with E-state index >= 15 is 0 Å². The van der Waals surface area contributed by atoms with Crippen LogP contribution in [0.25, 0.3) is 11.1 Å². The van der Waals surface area contributed by atoms with Crippen LogP contribution in [0.4, 0.5) is 10.7 Å². The highest BCUT2D eigenvalue weighted by Gasteiger charge is 2.22. The number of halogens is 1. The maximum absolute atomic E-state index is 13.3. The van der Waals surface area contributed by atoms with Gasteiger partial charge in [-0.05, 0) is 58.0 Å². The number of amides is 2. The second kappa shape index (κ2) is 9.89. The summed E-state index contributed by atoms with van der Waals surface area (Å²) in [4.78, 5) is 25.9. The maximum Gasteiger partial charge on any atom is 0.259 e. The molecule has 4 aromatic rings. The number of nitrogens with one attached hydrogen (secondary N) is 2. The molecule has 0 fully saturated rings. The number of hydrogen-bond donors (Lipinski definition) is 2. The average Bonchev–Trinajstić information content (AvgIpc) is 3.20. The Balaban J connectivity index is 1.63. The Bertz CT molecular complexity index is 1190. The third-order valence-corrected chi connectivity index (χ3v) is 6.28. The van der Waals surface area contributed by atoms with Crippen molar-refractivity contribution in [2.75, 3.05) is 10.6 Å². The van der Waals surface area contributed by atoms with E-state index < -0.39 is 0 Å². The van der Waals surface area contributed by atoms with Crippen molar-refractivity contribution in [2.24, 2.45) is 0 Å². The lowest BCUT2D eigenvalue weighted by molar-refractivity contribution is -0.115. The van der Waals surface area contributed by atoms with Gasteiger partial charge in [0.25, 0.3) is 5.91 Å². The van der Waals surface area contributed by atoms with E-state index in [-0.39, 0.29) is 18.2 Å². The summed E-state index contributed by atoms with van der Waals surface area (Å²) in [6, 6.07) is 26.9. The van der Waals surface area contributed by atoms with Gasteiger partial charge in [0.05, 0.1) is 12.0 Å². The fraction of sp³-hybridized carbons (Fsp3) is 0.0400. The molecule has 6 heteroatoms. The van der Waals surface area contributed by atoms with Gasteiger partial charge >= 0.3 is 0 Å². The van der Waals surface area contributed by atoms with Gasteiger partial charge in [-0.3, -0.25) is 9.59 Å². The van der Waals surface area contributed by atoms with E-state index in [0.717, 1.165) is 20.3 Å².